The van der Waals surface area contributed by atoms with Crippen molar-refractivity contribution in [3.8, 4) is 0 Å². The monoisotopic (exact) mass is 450 g/mol. The molecule has 4 rings (SSSR count). The molecule has 0 amide bonds. The van der Waals surface area contributed by atoms with Crippen LogP contribution in [0.15, 0.2) is 11.1 Å². The summed E-state index contributed by atoms with van der Waals surface area (Å²) in [4.78, 5) is 38.4. The number of hydrogen-bond donors (Lipinski definition) is 2. The van der Waals surface area contributed by atoms with Gasteiger partial charge in [-0.05, 0) is 38.7 Å². The van der Waals surface area contributed by atoms with Crippen molar-refractivity contribution in [1.82, 2.24) is 0 Å². The molecule has 0 aromatic carbocycles. The van der Waals surface area contributed by atoms with Crippen LogP contribution in [-0.2, 0) is 28.6 Å². The van der Waals surface area contributed by atoms with Crippen molar-refractivity contribution >= 4 is 17.7 Å². The van der Waals surface area contributed by atoms with Crippen LogP contribution in [0, 0.1) is 16.7 Å². The van der Waals surface area contributed by atoms with Gasteiger partial charge in [-0.2, -0.15) is 0 Å². The summed E-state index contributed by atoms with van der Waals surface area (Å²) in [5.74, 6) is -2.25. The summed E-state index contributed by atoms with van der Waals surface area (Å²) in [5.41, 5.74) is -3.18. The first-order chi connectivity index (χ1) is 14.7. The predicted molar refractivity (Wildman–Crippen MR) is 112 cm³/mol. The van der Waals surface area contributed by atoms with E-state index in [1.165, 1.54) is 13.8 Å². The third kappa shape index (κ3) is 2.88. The lowest BCUT2D eigenvalue weighted by molar-refractivity contribution is -0.327. The molecule has 2 N–H and O–H groups in total. The minimum atomic E-state index is -1.41. The van der Waals surface area contributed by atoms with Crippen LogP contribution in [0.2, 0.25) is 0 Å². The van der Waals surface area contributed by atoms with Gasteiger partial charge in [-0.25, -0.2) is 0 Å². The molecule has 8 heteroatoms. The van der Waals surface area contributed by atoms with Crippen LogP contribution in [-0.4, -0.2) is 64.1 Å². The Labute approximate surface area is 188 Å². The van der Waals surface area contributed by atoms with Crippen molar-refractivity contribution in [2.45, 2.75) is 96.7 Å². The molecule has 0 aromatic heterocycles. The molecule has 4 aliphatic rings. The van der Waals surface area contributed by atoms with Crippen molar-refractivity contribution in [3.63, 3.8) is 0 Å². The number of carbonyl (C=O) groups excluding carboxylic acids is 3. The van der Waals surface area contributed by atoms with E-state index in [2.05, 4.69) is 0 Å². The topological polar surface area (TPSA) is 119 Å². The minimum Gasteiger partial charge on any atom is -0.454 e. The van der Waals surface area contributed by atoms with E-state index in [-0.39, 0.29) is 19.4 Å². The zero-order valence-corrected chi connectivity index (χ0v) is 19.7. The summed E-state index contributed by atoms with van der Waals surface area (Å²) in [5, 5.41) is 23.3. The number of fused-ring (bicyclic) bond motifs is 5. The maximum Gasteiger partial charge on any atom is 0.303 e. The number of Topliss-reactive ketones (excluding diaryl/α,β-unsaturated/α-hetero) is 1. The lowest BCUT2D eigenvalue weighted by atomic mass is 9.46. The van der Waals surface area contributed by atoms with Crippen LogP contribution < -0.4 is 0 Å². The Kier molecular flexibility index (Phi) is 5.20. The van der Waals surface area contributed by atoms with Gasteiger partial charge < -0.3 is 24.4 Å². The second-order valence-corrected chi connectivity index (χ2v) is 10.8. The summed E-state index contributed by atoms with van der Waals surface area (Å²) >= 11 is 0. The van der Waals surface area contributed by atoms with Crippen molar-refractivity contribution in [3.05, 3.63) is 11.1 Å². The van der Waals surface area contributed by atoms with Crippen LogP contribution in [0.1, 0.15) is 67.2 Å². The lowest BCUT2D eigenvalue weighted by Gasteiger charge is -2.65. The fraction of sp³-hybridized carbons (Fsp3) is 0.792. The standard InChI is InChI=1S/C24H34O8/c1-12-7-8-23(29)10-15-22(6,16(27)9-17-24(15,11-30-17)32-14(3)26)20(28)19(31-13(2)25)18(12)21(23,4)5/h15-17,19,27,29H,7-11H2,1-6H3/t15?,16-,17+,19+,22-,23+,24+/m0/s1. The molecule has 3 fully saturated rings. The third-order valence-electron chi connectivity index (χ3n) is 8.90. The van der Waals surface area contributed by atoms with Gasteiger partial charge in [-0.15, -0.1) is 0 Å². The van der Waals surface area contributed by atoms with Gasteiger partial charge in [0.2, 0.25) is 0 Å². The van der Waals surface area contributed by atoms with Crippen LogP contribution in [0.4, 0.5) is 0 Å². The van der Waals surface area contributed by atoms with Gasteiger partial charge in [-0.3, -0.25) is 14.4 Å². The number of carbonyl (C=O) groups is 3. The van der Waals surface area contributed by atoms with E-state index in [1.54, 1.807) is 6.92 Å². The number of rotatable bonds is 2. The van der Waals surface area contributed by atoms with Gasteiger partial charge in [0.25, 0.3) is 0 Å². The normalized spacial score (nSPS) is 44.9. The highest BCUT2D eigenvalue weighted by atomic mass is 16.6. The van der Waals surface area contributed by atoms with Crippen LogP contribution in [0.25, 0.3) is 0 Å². The van der Waals surface area contributed by atoms with E-state index in [4.69, 9.17) is 14.2 Å². The molecule has 8 nitrogen and oxygen atoms in total. The van der Waals surface area contributed by atoms with Crippen molar-refractivity contribution in [2.75, 3.05) is 6.61 Å². The Morgan fingerprint density at radius 3 is 2.34 bits per heavy atom. The SMILES string of the molecule is CC(=O)O[C@H]1C(=O)[C@@]2(C)C(C[C@]3(O)CCC(C)=C1C3(C)C)[C@]1(OC(C)=O)CO[C@@H]1C[C@@H]2O. The lowest BCUT2D eigenvalue weighted by Crippen LogP contribution is -2.77. The van der Waals surface area contributed by atoms with Crippen molar-refractivity contribution in [1.29, 1.82) is 0 Å². The molecule has 1 heterocycles. The first-order valence-electron chi connectivity index (χ1n) is 11.3. The van der Waals surface area contributed by atoms with E-state index in [0.29, 0.717) is 18.4 Å². The number of aliphatic hydroxyl groups excluding tert-OH is 1. The van der Waals surface area contributed by atoms with Crippen molar-refractivity contribution in [2.24, 2.45) is 16.7 Å². The molecule has 1 unspecified atom stereocenters. The summed E-state index contributed by atoms with van der Waals surface area (Å²) in [6, 6.07) is 0. The zero-order valence-electron chi connectivity index (χ0n) is 19.7. The number of allylic oxidation sites excluding steroid dienone is 1. The Morgan fingerprint density at radius 2 is 1.81 bits per heavy atom. The molecule has 1 saturated heterocycles. The number of hydrogen-bond acceptors (Lipinski definition) is 8. The van der Waals surface area contributed by atoms with Gasteiger partial charge in [0, 0.05) is 31.6 Å². The number of ketones is 1. The molecule has 0 radical (unpaired) electrons. The molecule has 7 atom stereocenters. The maximum atomic E-state index is 14.2. The Hall–Kier alpha value is -1.77. The summed E-state index contributed by atoms with van der Waals surface area (Å²) < 4.78 is 17.1. The molecule has 32 heavy (non-hydrogen) atoms. The molecule has 2 saturated carbocycles. The predicted octanol–water partition coefficient (Wildman–Crippen LogP) is 1.85. The van der Waals surface area contributed by atoms with E-state index in [0.717, 1.165) is 5.57 Å². The molecule has 178 valence electrons. The van der Waals surface area contributed by atoms with Crippen LogP contribution >= 0.6 is 0 Å². The highest BCUT2D eigenvalue weighted by Crippen LogP contribution is 2.63. The minimum absolute atomic E-state index is 0.0912. The smallest absolute Gasteiger partial charge is 0.303 e. The average molecular weight is 451 g/mol. The van der Waals surface area contributed by atoms with Gasteiger partial charge in [0.05, 0.1) is 23.7 Å². The van der Waals surface area contributed by atoms with Crippen LogP contribution in [0.3, 0.4) is 0 Å². The quantitative estimate of drug-likeness (QED) is 0.483. The highest BCUT2D eigenvalue weighted by Gasteiger charge is 2.73. The number of ether oxygens (including phenoxy) is 3. The summed E-state index contributed by atoms with van der Waals surface area (Å²) in [6.45, 7) is 9.92. The highest BCUT2D eigenvalue weighted by molar-refractivity contribution is 5.94. The molecule has 3 aliphatic carbocycles. The largest absolute Gasteiger partial charge is 0.454 e. The molecule has 0 aromatic rings. The molecule has 0 spiro atoms. The second-order valence-electron chi connectivity index (χ2n) is 10.8. The van der Waals surface area contributed by atoms with Crippen LogP contribution in [0.5, 0.6) is 0 Å². The zero-order chi connectivity index (χ0) is 23.9. The van der Waals surface area contributed by atoms with E-state index >= 15 is 0 Å². The Balaban J connectivity index is 1.97. The fourth-order valence-corrected chi connectivity index (χ4v) is 6.86. The molecule has 1 aliphatic heterocycles. The maximum absolute atomic E-state index is 14.2. The van der Waals surface area contributed by atoms with E-state index < -0.39 is 64.0 Å². The fourth-order valence-electron chi connectivity index (χ4n) is 6.86. The molecular formula is C24H34O8. The van der Waals surface area contributed by atoms with Gasteiger partial charge >= 0.3 is 11.9 Å². The Bertz CT molecular complexity index is 906. The first kappa shape index (κ1) is 23.4. The molecular weight excluding hydrogens is 416 g/mol. The summed E-state index contributed by atoms with van der Waals surface area (Å²) in [7, 11) is 0. The van der Waals surface area contributed by atoms with Gasteiger partial charge in [-0.1, -0.05) is 19.4 Å². The number of aliphatic hydroxyl groups is 2. The van der Waals surface area contributed by atoms with Gasteiger partial charge in [0.1, 0.15) is 6.10 Å². The van der Waals surface area contributed by atoms with E-state index in [9.17, 15) is 24.6 Å². The molecule has 2 bridgehead atoms. The first-order valence-corrected chi connectivity index (χ1v) is 11.3. The summed E-state index contributed by atoms with van der Waals surface area (Å²) in [6.07, 6.45) is -1.66. The van der Waals surface area contributed by atoms with E-state index in [1.807, 2.05) is 20.8 Å². The number of esters is 2. The Morgan fingerprint density at radius 1 is 1.16 bits per heavy atom. The second kappa shape index (κ2) is 7.11. The third-order valence-corrected chi connectivity index (χ3v) is 8.90. The van der Waals surface area contributed by atoms with Crippen molar-refractivity contribution < 1.29 is 38.8 Å². The average Bonchev–Trinajstić information content (AvgIpc) is 2.67. The van der Waals surface area contributed by atoms with Gasteiger partial charge in [0.15, 0.2) is 17.5 Å².